The molecule has 21 heavy (non-hydrogen) atoms. The SMILES string of the molecule is CC(C)CNC(=O)CN(C)C(=O)N1CCOC(C(=O)O)C1. The molecule has 120 valence electrons. The lowest BCUT2D eigenvalue weighted by Gasteiger charge is -2.33. The fourth-order valence-corrected chi connectivity index (χ4v) is 1.87. The number of urea groups is 1. The summed E-state index contributed by atoms with van der Waals surface area (Å²) in [6, 6.07) is -0.371. The number of nitrogens with one attached hydrogen (secondary N) is 1. The molecule has 0 aromatic rings. The van der Waals surface area contributed by atoms with E-state index >= 15 is 0 Å². The average Bonchev–Trinajstić information content (AvgIpc) is 2.44. The lowest BCUT2D eigenvalue weighted by Crippen LogP contribution is -2.53. The molecular weight excluding hydrogens is 278 g/mol. The second-order valence-electron chi connectivity index (χ2n) is 5.48. The van der Waals surface area contributed by atoms with Crippen LogP contribution in [0.5, 0.6) is 0 Å². The Morgan fingerprint density at radius 1 is 1.43 bits per heavy atom. The van der Waals surface area contributed by atoms with Gasteiger partial charge in [0, 0.05) is 20.1 Å². The number of carbonyl (C=O) groups excluding carboxylic acids is 2. The van der Waals surface area contributed by atoms with Gasteiger partial charge in [-0.15, -0.1) is 0 Å². The van der Waals surface area contributed by atoms with Crippen molar-refractivity contribution in [1.82, 2.24) is 15.1 Å². The van der Waals surface area contributed by atoms with Crippen LogP contribution in [0.2, 0.25) is 0 Å². The van der Waals surface area contributed by atoms with E-state index in [1.54, 1.807) is 0 Å². The Hall–Kier alpha value is -1.83. The highest BCUT2D eigenvalue weighted by atomic mass is 16.5. The third kappa shape index (κ3) is 5.58. The van der Waals surface area contributed by atoms with E-state index in [9.17, 15) is 14.4 Å². The normalized spacial score (nSPS) is 18.5. The Morgan fingerprint density at radius 3 is 2.67 bits per heavy atom. The second kappa shape index (κ2) is 7.82. The molecule has 0 aromatic heterocycles. The van der Waals surface area contributed by atoms with Crippen molar-refractivity contribution in [3.05, 3.63) is 0 Å². The fraction of sp³-hybridized carbons (Fsp3) is 0.769. The minimum absolute atomic E-state index is 0.00782. The highest BCUT2D eigenvalue weighted by molar-refractivity contribution is 5.84. The molecular formula is C13H23N3O5. The van der Waals surface area contributed by atoms with Crippen LogP contribution in [-0.4, -0.2) is 78.8 Å². The molecule has 2 N–H and O–H groups in total. The number of amides is 3. The Kier molecular flexibility index (Phi) is 6.41. The maximum atomic E-state index is 12.2. The Morgan fingerprint density at radius 2 is 2.10 bits per heavy atom. The lowest BCUT2D eigenvalue weighted by atomic mass is 10.2. The zero-order valence-corrected chi connectivity index (χ0v) is 12.7. The summed E-state index contributed by atoms with van der Waals surface area (Å²) in [6.07, 6.45) is -1.01. The number of rotatable bonds is 5. The van der Waals surface area contributed by atoms with Gasteiger partial charge in [-0.2, -0.15) is 0 Å². The first-order valence-corrected chi connectivity index (χ1v) is 6.92. The smallest absolute Gasteiger partial charge is 0.334 e. The molecule has 8 heteroatoms. The number of hydrogen-bond acceptors (Lipinski definition) is 4. The standard InChI is InChI=1S/C13H23N3O5/c1-9(2)6-14-11(17)8-15(3)13(20)16-4-5-21-10(7-16)12(18)19/h9-10H,4-8H2,1-3H3,(H,14,17)(H,18,19). The molecule has 1 unspecified atom stereocenters. The number of likely N-dealkylation sites (N-methyl/N-ethyl adjacent to an activating group) is 1. The summed E-state index contributed by atoms with van der Waals surface area (Å²) in [4.78, 5) is 37.4. The van der Waals surface area contributed by atoms with E-state index in [-0.39, 0.29) is 31.6 Å². The first-order valence-electron chi connectivity index (χ1n) is 6.92. The van der Waals surface area contributed by atoms with Crippen LogP contribution in [0, 0.1) is 5.92 Å². The zero-order valence-electron chi connectivity index (χ0n) is 12.7. The monoisotopic (exact) mass is 301 g/mol. The summed E-state index contributed by atoms with van der Waals surface area (Å²) < 4.78 is 5.05. The number of carboxylic acid groups (broad SMARTS) is 1. The number of carbonyl (C=O) groups is 3. The maximum absolute atomic E-state index is 12.2. The molecule has 1 aliphatic rings. The third-order valence-corrected chi connectivity index (χ3v) is 3.03. The van der Waals surface area contributed by atoms with Gasteiger partial charge in [-0.1, -0.05) is 13.8 Å². The highest BCUT2D eigenvalue weighted by Gasteiger charge is 2.30. The minimum Gasteiger partial charge on any atom is -0.479 e. The van der Waals surface area contributed by atoms with Gasteiger partial charge in [0.25, 0.3) is 0 Å². The molecule has 1 rings (SSSR count). The van der Waals surface area contributed by atoms with Crippen molar-refractivity contribution in [2.24, 2.45) is 5.92 Å². The van der Waals surface area contributed by atoms with Gasteiger partial charge in [0.1, 0.15) is 6.54 Å². The fourth-order valence-electron chi connectivity index (χ4n) is 1.87. The largest absolute Gasteiger partial charge is 0.479 e. The summed E-state index contributed by atoms with van der Waals surface area (Å²) in [6.45, 7) is 4.95. The van der Waals surface area contributed by atoms with Crippen molar-refractivity contribution in [3.63, 3.8) is 0 Å². The summed E-state index contributed by atoms with van der Waals surface area (Å²) in [5, 5.41) is 11.6. The van der Waals surface area contributed by atoms with Crippen LogP contribution in [0.15, 0.2) is 0 Å². The minimum atomic E-state index is -1.09. The zero-order chi connectivity index (χ0) is 16.0. The van der Waals surface area contributed by atoms with Gasteiger partial charge in [0.2, 0.25) is 5.91 Å². The lowest BCUT2D eigenvalue weighted by molar-refractivity contribution is -0.154. The summed E-state index contributed by atoms with van der Waals surface area (Å²) in [5.74, 6) is -0.988. The van der Waals surface area contributed by atoms with Crippen molar-refractivity contribution in [2.45, 2.75) is 20.0 Å². The van der Waals surface area contributed by atoms with Gasteiger partial charge in [-0.25, -0.2) is 9.59 Å². The Bertz CT molecular complexity index is 399. The van der Waals surface area contributed by atoms with E-state index in [0.717, 1.165) is 0 Å². The molecule has 0 aliphatic carbocycles. The van der Waals surface area contributed by atoms with Crippen molar-refractivity contribution in [1.29, 1.82) is 0 Å². The molecule has 1 fully saturated rings. The Balaban J connectivity index is 2.46. The van der Waals surface area contributed by atoms with Crippen LogP contribution < -0.4 is 5.32 Å². The molecule has 1 atom stereocenters. The average molecular weight is 301 g/mol. The van der Waals surface area contributed by atoms with Crippen LogP contribution in [0.1, 0.15) is 13.8 Å². The van der Waals surface area contributed by atoms with Crippen molar-refractivity contribution < 1.29 is 24.2 Å². The van der Waals surface area contributed by atoms with Crippen LogP contribution in [-0.2, 0) is 14.3 Å². The molecule has 0 radical (unpaired) electrons. The number of ether oxygens (including phenoxy) is 1. The van der Waals surface area contributed by atoms with Gasteiger partial charge in [0.05, 0.1) is 13.2 Å². The van der Waals surface area contributed by atoms with E-state index in [1.807, 2.05) is 13.8 Å². The van der Waals surface area contributed by atoms with Gasteiger partial charge in [0.15, 0.2) is 6.10 Å². The molecule has 0 saturated carbocycles. The van der Waals surface area contributed by atoms with Crippen molar-refractivity contribution >= 4 is 17.9 Å². The van der Waals surface area contributed by atoms with Gasteiger partial charge >= 0.3 is 12.0 Å². The van der Waals surface area contributed by atoms with E-state index in [1.165, 1.54) is 16.8 Å². The quantitative estimate of drug-likeness (QED) is 0.719. The number of morpholine rings is 1. The van der Waals surface area contributed by atoms with Crippen LogP contribution in [0.25, 0.3) is 0 Å². The third-order valence-electron chi connectivity index (χ3n) is 3.03. The number of hydrogen-bond donors (Lipinski definition) is 2. The summed E-state index contributed by atoms with van der Waals surface area (Å²) in [7, 11) is 1.52. The first kappa shape index (κ1) is 17.2. The highest BCUT2D eigenvalue weighted by Crippen LogP contribution is 2.08. The van der Waals surface area contributed by atoms with E-state index < -0.39 is 12.1 Å². The summed E-state index contributed by atoms with van der Waals surface area (Å²) in [5.41, 5.74) is 0. The number of carboxylic acids is 1. The molecule has 0 spiro atoms. The molecule has 8 nitrogen and oxygen atoms in total. The Labute approximate surface area is 124 Å². The van der Waals surface area contributed by atoms with Gasteiger partial charge in [-0.3, -0.25) is 4.79 Å². The van der Waals surface area contributed by atoms with Crippen molar-refractivity contribution in [2.75, 3.05) is 39.8 Å². The van der Waals surface area contributed by atoms with Crippen LogP contribution in [0.4, 0.5) is 4.79 Å². The van der Waals surface area contributed by atoms with Gasteiger partial charge in [-0.05, 0) is 5.92 Å². The predicted octanol–water partition coefficient (Wildman–Crippen LogP) is -0.404. The molecule has 1 saturated heterocycles. The van der Waals surface area contributed by atoms with Crippen LogP contribution >= 0.6 is 0 Å². The maximum Gasteiger partial charge on any atom is 0.334 e. The molecule has 1 aliphatic heterocycles. The molecule has 3 amide bonds. The van der Waals surface area contributed by atoms with Crippen LogP contribution in [0.3, 0.4) is 0 Å². The predicted molar refractivity (Wildman–Crippen MR) is 74.8 cm³/mol. The van der Waals surface area contributed by atoms with E-state index in [0.29, 0.717) is 19.0 Å². The summed E-state index contributed by atoms with van der Waals surface area (Å²) >= 11 is 0. The topological polar surface area (TPSA) is 99.2 Å². The number of nitrogens with zero attached hydrogens (tertiary/aromatic N) is 2. The van der Waals surface area contributed by atoms with Crippen molar-refractivity contribution in [3.8, 4) is 0 Å². The molecule has 0 aromatic carbocycles. The van der Waals surface area contributed by atoms with E-state index in [2.05, 4.69) is 5.32 Å². The van der Waals surface area contributed by atoms with E-state index in [4.69, 9.17) is 9.84 Å². The molecule has 1 heterocycles. The number of aliphatic carboxylic acids is 1. The second-order valence-corrected chi connectivity index (χ2v) is 5.48. The first-order chi connectivity index (χ1) is 9.81. The molecule has 0 bridgehead atoms. The van der Waals surface area contributed by atoms with Gasteiger partial charge < -0.3 is 25.0 Å².